The van der Waals surface area contributed by atoms with Gasteiger partial charge in [-0.15, -0.1) is 11.3 Å². The van der Waals surface area contributed by atoms with Crippen LogP contribution in [0.4, 0.5) is 0 Å². The maximum absolute atomic E-state index is 12.1. The van der Waals surface area contributed by atoms with Crippen molar-refractivity contribution >= 4 is 29.0 Å². The highest BCUT2D eigenvalue weighted by Crippen LogP contribution is 2.22. The molecule has 2 aromatic heterocycles. The number of carbonyl (C=O) groups excluding carboxylic acids is 1. The third kappa shape index (κ3) is 4.84. The Morgan fingerprint density at radius 3 is 2.91 bits per heavy atom. The van der Waals surface area contributed by atoms with E-state index in [4.69, 9.17) is 0 Å². The van der Waals surface area contributed by atoms with Crippen molar-refractivity contribution < 1.29 is 4.79 Å². The average molecular weight is 339 g/mol. The maximum atomic E-state index is 12.1. The molecule has 2 heterocycles. The molecule has 0 saturated carbocycles. The van der Waals surface area contributed by atoms with Gasteiger partial charge in [-0.25, -0.2) is 4.98 Å². The number of thiazole rings is 1. The molecule has 0 aliphatic heterocycles. The standard InChI is InChI=1S/C15H22N4OS2/c1-5-21-15-17-13(9-22-15)7-14(20)16-11(3)8-19-12(4)6-10(2)18-19/h6,9,11H,5,7-8H2,1-4H3,(H,16,20)/t11-/m1/s1. The molecule has 0 fully saturated rings. The van der Waals surface area contributed by atoms with Gasteiger partial charge >= 0.3 is 0 Å². The van der Waals surface area contributed by atoms with E-state index >= 15 is 0 Å². The molecule has 1 atom stereocenters. The number of nitrogens with zero attached hydrogens (tertiary/aromatic N) is 3. The molecule has 0 aliphatic carbocycles. The fourth-order valence-electron chi connectivity index (χ4n) is 2.21. The lowest BCUT2D eigenvalue weighted by molar-refractivity contribution is -0.121. The van der Waals surface area contributed by atoms with Crippen LogP contribution in [0.5, 0.6) is 0 Å². The first-order valence-electron chi connectivity index (χ1n) is 7.35. The number of aromatic nitrogens is 3. The Hall–Kier alpha value is -1.34. The third-order valence-corrected chi connectivity index (χ3v) is 5.05. The lowest BCUT2D eigenvalue weighted by atomic mass is 10.2. The number of hydrogen-bond donors (Lipinski definition) is 1. The zero-order valence-electron chi connectivity index (χ0n) is 13.4. The highest BCUT2D eigenvalue weighted by molar-refractivity contribution is 8.00. The van der Waals surface area contributed by atoms with E-state index in [1.54, 1.807) is 23.1 Å². The second kappa shape index (κ2) is 7.78. The second-order valence-corrected chi connectivity index (χ2v) is 7.66. The molecule has 2 rings (SSSR count). The molecule has 120 valence electrons. The summed E-state index contributed by atoms with van der Waals surface area (Å²) < 4.78 is 2.96. The molecule has 7 heteroatoms. The van der Waals surface area contributed by atoms with Crippen molar-refractivity contribution in [2.45, 2.75) is 51.0 Å². The van der Waals surface area contributed by atoms with Gasteiger partial charge in [-0.1, -0.05) is 18.7 Å². The van der Waals surface area contributed by atoms with Crippen molar-refractivity contribution in [3.63, 3.8) is 0 Å². The van der Waals surface area contributed by atoms with Crippen molar-refractivity contribution in [3.05, 3.63) is 28.5 Å². The van der Waals surface area contributed by atoms with Crippen molar-refractivity contribution in [3.8, 4) is 0 Å². The molecule has 22 heavy (non-hydrogen) atoms. The van der Waals surface area contributed by atoms with Crippen LogP contribution in [-0.4, -0.2) is 32.5 Å². The van der Waals surface area contributed by atoms with Gasteiger partial charge in [0, 0.05) is 17.1 Å². The van der Waals surface area contributed by atoms with Crippen LogP contribution in [-0.2, 0) is 17.8 Å². The Balaban J connectivity index is 1.84. The third-order valence-electron chi connectivity index (χ3n) is 3.10. The fourth-order valence-corrected chi connectivity index (χ4v) is 3.96. The minimum atomic E-state index is 0.00683. The largest absolute Gasteiger partial charge is 0.351 e. The van der Waals surface area contributed by atoms with E-state index in [1.807, 2.05) is 36.9 Å². The molecule has 0 radical (unpaired) electrons. The summed E-state index contributed by atoms with van der Waals surface area (Å²) in [6, 6.07) is 2.07. The Morgan fingerprint density at radius 2 is 2.27 bits per heavy atom. The molecule has 0 spiro atoms. The first-order chi connectivity index (χ1) is 10.5. The van der Waals surface area contributed by atoms with E-state index in [-0.39, 0.29) is 11.9 Å². The van der Waals surface area contributed by atoms with Gasteiger partial charge in [0.1, 0.15) is 4.34 Å². The molecule has 0 aromatic carbocycles. The van der Waals surface area contributed by atoms with E-state index < -0.39 is 0 Å². The minimum Gasteiger partial charge on any atom is -0.351 e. The Labute approximate surface area is 139 Å². The van der Waals surface area contributed by atoms with Gasteiger partial charge in [-0.3, -0.25) is 9.48 Å². The van der Waals surface area contributed by atoms with Crippen LogP contribution in [0.3, 0.4) is 0 Å². The van der Waals surface area contributed by atoms with Gasteiger partial charge in [-0.05, 0) is 32.6 Å². The fraction of sp³-hybridized carbons (Fsp3) is 0.533. The molecule has 1 N–H and O–H groups in total. The molecule has 2 aromatic rings. The highest BCUT2D eigenvalue weighted by Gasteiger charge is 2.12. The van der Waals surface area contributed by atoms with E-state index in [1.165, 1.54) is 0 Å². The summed E-state index contributed by atoms with van der Waals surface area (Å²) in [5, 5.41) is 9.39. The van der Waals surface area contributed by atoms with Crippen molar-refractivity contribution in [2.75, 3.05) is 5.75 Å². The maximum Gasteiger partial charge on any atom is 0.226 e. The lowest BCUT2D eigenvalue weighted by Crippen LogP contribution is -2.37. The van der Waals surface area contributed by atoms with E-state index in [9.17, 15) is 4.79 Å². The van der Waals surface area contributed by atoms with Crippen LogP contribution in [0.25, 0.3) is 0 Å². The number of rotatable bonds is 7. The summed E-state index contributed by atoms with van der Waals surface area (Å²) >= 11 is 3.31. The molecule has 0 bridgehead atoms. The first kappa shape index (κ1) is 17.0. The van der Waals surface area contributed by atoms with Crippen molar-refractivity contribution in [1.29, 1.82) is 0 Å². The summed E-state index contributed by atoms with van der Waals surface area (Å²) in [6.45, 7) is 8.77. The summed E-state index contributed by atoms with van der Waals surface area (Å²) in [4.78, 5) is 16.5. The van der Waals surface area contributed by atoms with Crippen LogP contribution in [0.15, 0.2) is 15.8 Å². The lowest BCUT2D eigenvalue weighted by Gasteiger charge is -2.14. The second-order valence-electron chi connectivity index (χ2n) is 5.29. The molecule has 0 aliphatic rings. The molecule has 1 amide bonds. The monoisotopic (exact) mass is 338 g/mol. The Kier molecular flexibility index (Phi) is 6.02. The topological polar surface area (TPSA) is 59.8 Å². The zero-order chi connectivity index (χ0) is 16.1. The SMILES string of the molecule is CCSc1nc(CC(=O)N[C@H](C)Cn2nc(C)cc2C)cs1. The number of nitrogens with one attached hydrogen (secondary N) is 1. The quantitative estimate of drug-likeness (QED) is 0.789. The number of amides is 1. The predicted octanol–water partition coefficient (Wildman–Crippen LogP) is 2.82. The molecular weight excluding hydrogens is 316 g/mol. The van der Waals surface area contributed by atoms with Crippen LogP contribution >= 0.6 is 23.1 Å². The molecule has 0 unspecified atom stereocenters. The highest BCUT2D eigenvalue weighted by atomic mass is 32.2. The average Bonchev–Trinajstić information content (AvgIpc) is 2.97. The van der Waals surface area contributed by atoms with E-state index in [0.717, 1.165) is 27.2 Å². The minimum absolute atomic E-state index is 0.00683. The normalized spacial score (nSPS) is 12.4. The summed E-state index contributed by atoms with van der Waals surface area (Å²) in [7, 11) is 0. The summed E-state index contributed by atoms with van der Waals surface area (Å²) in [6.07, 6.45) is 0.336. The zero-order valence-corrected chi connectivity index (χ0v) is 15.1. The number of carbonyl (C=O) groups is 1. The smallest absolute Gasteiger partial charge is 0.226 e. The van der Waals surface area contributed by atoms with Crippen LogP contribution in [0, 0.1) is 13.8 Å². The number of aryl methyl sites for hydroxylation is 2. The van der Waals surface area contributed by atoms with Crippen molar-refractivity contribution in [1.82, 2.24) is 20.1 Å². The van der Waals surface area contributed by atoms with Gasteiger partial charge in [-0.2, -0.15) is 5.10 Å². The molecule has 0 saturated heterocycles. The van der Waals surface area contributed by atoms with Gasteiger partial charge in [0.05, 0.1) is 24.4 Å². The van der Waals surface area contributed by atoms with E-state index in [2.05, 4.69) is 22.3 Å². The van der Waals surface area contributed by atoms with Crippen LogP contribution < -0.4 is 5.32 Å². The predicted molar refractivity (Wildman–Crippen MR) is 91.5 cm³/mol. The van der Waals surface area contributed by atoms with Gasteiger partial charge in [0.2, 0.25) is 5.91 Å². The molecular formula is C15H22N4OS2. The van der Waals surface area contributed by atoms with Gasteiger partial charge < -0.3 is 5.32 Å². The summed E-state index contributed by atoms with van der Waals surface area (Å²) in [5.74, 6) is 1.01. The van der Waals surface area contributed by atoms with Crippen molar-refractivity contribution in [2.24, 2.45) is 0 Å². The Bertz CT molecular complexity index is 635. The Morgan fingerprint density at radius 1 is 1.50 bits per heavy atom. The summed E-state index contributed by atoms with van der Waals surface area (Å²) in [5.41, 5.74) is 2.95. The van der Waals surface area contributed by atoms with Crippen LogP contribution in [0.1, 0.15) is 30.9 Å². The van der Waals surface area contributed by atoms with E-state index in [0.29, 0.717) is 13.0 Å². The van der Waals surface area contributed by atoms with Gasteiger partial charge in [0.25, 0.3) is 0 Å². The number of hydrogen-bond acceptors (Lipinski definition) is 5. The number of thioether (sulfide) groups is 1. The van der Waals surface area contributed by atoms with Crippen LogP contribution in [0.2, 0.25) is 0 Å². The van der Waals surface area contributed by atoms with Gasteiger partial charge in [0.15, 0.2) is 0 Å². The molecule has 5 nitrogen and oxygen atoms in total. The first-order valence-corrected chi connectivity index (χ1v) is 9.22.